The van der Waals surface area contributed by atoms with Crippen LogP contribution in [0.2, 0.25) is 5.02 Å². The number of hydrogen-bond acceptors (Lipinski definition) is 6. The molecule has 2 heterocycles. The summed E-state index contributed by atoms with van der Waals surface area (Å²) in [6.45, 7) is 3.24. The van der Waals surface area contributed by atoms with Gasteiger partial charge in [-0.2, -0.15) is 13.2 Å². The van der Waals surface area contributed by atoms with Gasteiger partial charge in [-0.3, -0.25) is 9.36 Å². The van der Waals surface area contributed by atoms with Crippen molar-refractivity contribution in [3.63, 3.8) is 0 Å². The van der Waals surface area contributed by atoms with Gasteiger partial charge < -0.3 is 10.0 Å². The zero-order chi connectivity index (χ0) is 29.2. The van der Waals surface area contributed by atoms with Gasteiger partial charge in [0.05, 0.1) is 17.8 Å². The minimum atomic E-state index is -4.94. The molecule has 1 atom stereocenters. The molecule has 1 N–H and O–H groups in total. The molecule has 0 aliphatic heterocycles. The highest BCUT2D eigenvalue weighted by Gasteiger charge is 2.39. The van der Waals surface area contributed by atoms with E-state index in [-0.39, 0.29) is 30.0 Å². The molecule has 4 rings (SSSR count). The average Bonchev–Trinajstić information content (AvgIpc) is 3.48. The van der Waals surface area contributed by atoms with Crippen molar-refractivity contribution in [1.82, 2.24) is 34.0 Å². The number of hydrogen-bond donors (Lipinski definition) is 1. The fourth-order valence-electron chi connectivity index (χ4n) is 4.11. The Labute approximate surface area is 232 Å². The maximum absolute atomic E-state index is 13.1. The van der Waals surface area contributed by atoms with Gasteiger partial charge in [-0.1, -0.05) is 37.6 Å². The van der Waals surface area contributed by atoms with E-state index in [9.17, 15) is 27.9 Å². The molecule has 4 aromatic rings. The summed E-state index contributed by atoms with van der Waals surface area (Å²) in [7, 11) is 1.71. The molecule has 0 saturated carbocycles. The number of benzene rings is 2. The van der Waals surface area contributed by atoms with Gasteiger partial charge in [0.25, 0.3) is 5.91 Å². The van der Waals surface area contributed by atoms with Crippen molar-refractivity contribution in [2.45, 2.75) is 39.2 Å². The standard InChI is InChI=1S/C26H27ClF3N7O3/c1-16(2)12-34(3)24(39)19-6-4-5-7-20(19)37-15-31-22(32-37)14-36-25(40)35(13-21(38)26(28,29)30)23(33-36)17-8-10-18(27)11-9-17/h4-11,15-16,21,38H,12-14H2,1-3H3. The number of rotatable bonds is 9. The van der Waals surface area contributed by atoms with Crippen molar-refractivity contribution in [3.05, 3.63) is 81.8 Å². The Bertz CT molecular complexity index is 1540. The minimum absolute atomic E-state index is 0.0893. The van der Waals surface area contributed by atoms with Gasteiger partial charge >= 0.3 is 11.9 Å². The summed E-state index contributed by atoms with van der Waals surface area (Å²) in [4.78, 5) is 32.0. The van der Waals surface area contributed by atoms with E-state index in [4.69, 9.17) is 11.6 Å². The number of aliphatic hydroxyl groups excluding tert-OH is 1. The lowest BCUT2D eigenvalue weighted by Gasteiger charge is -2.20. The molecule has 10 nitrogen and oxygen atoms in total. The minimum Gasteiger partial charge on any atom is -0.382 e. The van der Waals surface area contributed by atoms with Gasteiger partial charge in [-0.25, -0.2) is 19.1 Å². The number of carbonyl (C=O) groups excluding carboxylic acids is 1. The topological polar surface area (TPSA) is 111 Å². The Balaban J connectivity index is 1.67. The first kappa shape index (κ1) is 29.0. The molecule has 0 aliphatic carbocycles. The van der Waals surface area contributed by atoms with E-state index in [0.717, 1.165) is 9.25 Å². The van der Waals surface area contributed by atoms with Crippen LogP contribution in [-0.2, 0) is 13.1 Å². The Morgan fingerprint density at radius 3 is 2.42 bits per heavy atom. The van der Waals surface area contributed by atoms with E-state index in [0.29, 0.717) is 28.4 Å². The molecule has 0 bridgehead atoms. The summed E-state index contributed by atoms with van der Waals surface area (Å²) in [5.74, 6) is 0.108. The van der Waals surface area contributed by atoms with Gasteiger partial charge in [0.1, 0.15) is 12.9 Å². The Kier molecular flexibility index (Phi) is 8.45. The van der Waals surface area contributed by atoms with Crippen molar-refractivity contribution in [2.24, 2.45) is 5.92 Å². The van der Waals surface area contributed by atoms with Crippen LogP contribution in [0.15, 0.2) is 59.7 Å². The third-order valence-electron chi connectivity index (χ3n) is 5.96. The van der Waals surface area contributed by atoms with Crippen molar-refractivity contribution in [2.75, 3.05) is 13.6 Å². The predicted octanol–water partition coefficient (Wildman–Crippen LogP) is 3.65. The number of aromatic nitrogens is 6. The Morgan fingerprint density at radius 1 is 1.10 bits per heavy atom. The second-order valence-electron chi connectivity index (χ2n) is 9.64. The Hall–Kier alpha value is -3.97. The summed E-state index contributed by atoms with van der Waals surface area (Å²) in [5, 5.41) is 18.6. The highest BCUT2D eigenvalue weighted by Crippen LogP contribution is 2.24. The smallest absolute Gasteiger partial charge is 0.382 e. The first-order chi connectivity index (χ1) is 18.8. The van der Waals surface area contributed by atoms with Gasteiger partial charge in [-0.05, 0) is 42.3 Å². The first-order valence-corrected chi connectivity index (χ1v) is 12.7. The molecule has 212 valence electrons. The highest BCUT2D eigenvalue weighted by atomic mass is 35.5. The molecule has 0 aliphatic rings. The van der Waals surface area contributed by atoms with E-state index in [1.165, 1.54) is 35.3 Å². The molecule has 40 heavy (non-hydrogen) atoms. The van der Waals surface area contributed by atoms with Crippen molar-refractivity contribution >= 4 is 17.5 Å². The summed E-state index contributed by atoms with van der Waals surface area (Å²) < 4.78 is 42.4. The van der Waals surface area contributed by atoms with Crippen LogP contribution in [-0.4, -0.2) is 70.9 Å². The van der Waals surface area contributed by atoms with E-state index in [2.05, 4.69) is 15.2 Å². The normalized spacial score (nSPS) is 12.6. The summed E-state index contributed by atoms with van der Waals surface area (Å²) in [6.07, 6.45) is -6.35. The van der Waals surface area contributed by atoms with Crippen LogP contribution in [0, 0.1) is 5.92 Å². The third-order valence-corrected chi connectivity index (χ3v) is 6.21. The third kappa shape index (κ3) is 6.42. The summed E-state index contributed by atoms with van der Waals surface area (Å²) >= 11 is 5.92. The van der Waals surface area contributed by atoms with E-state index >= 15 is 0 Å². The van der Waals surface area contributed by atoms with Crippen molar-refractivity contribution in [3.8, 4) is 17.1 Å². The van der Waals surface area contributed by atoms with Crippen LogP contribution < -0.4 is 5.69 Å². The van der Waals surface area contributed by atoms with Gasteiger partial charge in [-0.15, -0.1) is 10.2 Å². The monoisotopic (exact) mass is 577 g/mol. The van der Waals surface area contributed by atoms with E-state index < -0.39 is 24.5 Å². The number of para-hydroxylation sites is 1. The number of alkyl halides is 3. The number of halogens is 4. The molecule has 1 unspecified atom stereocenters. The van der Waals surface area contributed by atoms with Gasteiger partial charge in [0, 0.05) is 24.2 Å². The van der Waals surface area contributed by atoms with Crippen LogP contribution in [0.5, 0.6) is 0 Å². The SMILES string of the molecule is CC(C)CN(C)C(=O)c1ccccc1-n1cnc(Cn2nc(-c3ccc(Cl)cc3)n(CC(O)C(F)(F)F)c2=O)n1. The molecule has 1 amide bonds. The van der Waals surface area contributed by atoms with E-state index in [1.54, 1.807) is 36.2 Å². The molecule has 14 heteroatoms. The van der Waals surface area contributed by atoms with Crippen molar-refractivity contribution < 1.29 is 23.1 Å². The second-order valence-corrected chi connectivity index (χ2v) is 10.1. The average molecular weight is 578 g/mol. The van der Waals surface area contributed by atoms with Crippen LogP contribution in [0.4, 0.5) is 13.2 Å². The largest absolute Gasteiger partial charge is 0.416 e. The second kappa shape index (κ2) is 11.6. The predicted molar refractivity (Wildman–Crippen MR) is 141 cm³/mol. The quantitative estimate of drug-likeness (QED) is 0.325. The number of aliphatic hydroxyl groups is 1. The lowest BCUT2D eigenvalue weighted by atomic mass is 10.1. The molecule has 2 aromatic heterocycles. The Morgan fingerprint density at radius 2 is 1.77 bits per heavy atom. The highest BCUT2D eigenvalue weighted by molar-refractivity contribution is 6.30. The fourth-order valence-corrected chi connectivity index (χ4v) is 4.23. The van der Waals surface area contributed by atoms with Crippen LogP contribution in [0.3, 0.4) is 0 Å². The fraction of sp³-hybridized carbons (Fsp3) is 0.346. The molecule has 0 saturated heterocycles. The van der Waals surface area contributed by atoms with Crippen molar-refractivity contribution in [1.29, 1.82) is 0 Å². The maximum Gasteiger partial charge on any atom is 0.416 e. The lowest BCUT2D eigenvalue weighted by Crippen LogP contribution is -2.37. The van der Waals surface area contributed by atoms with Crippen LogP contribution in [0.25, 0.3) is 17.1 Å². The molecule has 2 aromatic carbocycles. The maximum atomic E-state index is 13.1. The number of amides is 1. The molecular formula is C26H27ClF3N7O3. The molecule has 0 spiro atoms. The number of nitrogens with zero attached hydrogens (tertiary/aromatic N) is 7. The van der Waals surface area contributed by atoms with Crippen LogP contribution >= 0.6 is 11.6 Å². The molecule has 0 radical (unpaired) electrons. The van der Waals surface area contributed by atoms with Crippen LogP contribution in [0.1, 0.15) is 30.0 Å². The van der Waals surface area contributed by atoms with Gasteiger partial charge in [0.15, 0.2) is 17.8 Å². The van der Waals surface area contributed by atoms with E-state index in [1.807, 2.05) is 13.8 Å². The number of carbonyl (C=O) groups is 1. The summed E-state index contributed by atoms with van der Waals surface area (Å²) in [6, 6.07) is 12.9. The molecule has 0 fully saturated rings. The zero-order valence-corrected chi connectivity index (χ0v) is 22.6. The molecular weight excluding hydrogens is 551 g/mol. The zero-order valence-electron chi connectivity index (χ0n) is 21.9. The lowest BCUT2D eigenvalue weighted by molar-refractivity contribution is -0.207. The first-order valence-electron chi connectivity index (χ1n) is 12.3. The summed E-state index contributed by atoms with van der Waals surface area (Å²) in [5.41, 5.74) is 0.297. The van der Waals surface area contributed by atoms with Gasteiger partial charge in [0.2, 0.25) is 0 Å².